The molecule has 0 bridgehead atoms. The van der Waals surface area contributed by atoms with Crippen molar-refractivity contribution in [3.63, 3.8) is 0 Å². The Balaban J connectivity index is 0.00000516. The zero-order valence-electron chi connectivity index (χ0n) is 40.5. The number of aromatic nitrogens is 6. The Kier molecular flexibility index (Phi) is 8.97. The summed E-state index contributed by atoms with van der Waals surface area (Å²) >= 11 is 0. The molecule has 0 radical (unpaired) electrons. The standard InChI is InChI=1S/C62H40N6O.Pt/c1-40-35-61(68-55-28-12-7-23-48(55)49-34-33-43(37-60(49)68)69-42-18-15-17-41(36-42)65-39-64(2)56-29-13-14-30-57(56)65)63-38-50(40)62-58(66-51-24-8-3-19-44(51)45-20-4-9-25-52(45)66)31-16-32-59(62)67-53-26-10-5-21-46(53)47-22-6-11-27-54(47)67;/h3-35,38H,1-2H3;/q-2;/i2D3;. The summed E-state index contributed by atoms with van der Waals surface area (Å²) in [5.74, 6) is 1.68. The van der Waals surface area contributed by atoms with Gasteiger partial charge in [-0.1, -0.05) is 133 Å². The minimum Gasteiger partial charge on any atom is -0.510 e. The van der Waals surface area contributed by atoms with Crippen LogP contribution in [0.2, 0.25) is 0 Å². The summed E-state index contributed by atoms with van der Waals surface area (Å²) in [6.45, 7) is -0.234. The summed E-state index contributed by atoms with van der Waals surface area (Å²) < 4.78 is 40.8. The maximum absolute atomic E-state index is 8.14. The third-order valence-electron chi connectivity index (χ3n) is 13.6. The summed E-state index contributed by atoms with van der Waals surface area (Å²) in [4.78, 5) is 5.38. The molecule has 0 fully saturated rings. The van der Waals surface area contributed by atoms with Crippen molar-refractivity contribution in [3.8, 4) is 45.5 Å². The zero-order chi connectivity index (χ0) is 48.2. The van der Waals surface area contributed by atoms with Crippen molar-refractivity contribution in [1.82, 2.24) is 23.3 Å². The molecule has 5 aromatic heterocycles. The minimum atomic E-state index is -2.41. The second-order valence-corrected chi connectivity index (χ2v) is 17.5. The molecule has 9 aromatic carbocycles. The molecule has 0 atom stereocenters. The predicted molar refractivity (Wildman–Crippen MR) is 278 cm³/mol. The smallest absolute Gasteiger partial charge is 0.242 e. The summed E-state index contributed by atoms with van der Waals surface area (Å²) in [6, 6.07) is 75.7. The molecule has 0 amide bonds. The van der Waals surface area contributed by atoms with E-state index in [2.05, 4.69) is 191 Å². The number of hydrogen-bond donors (Lipinski definition) is 0. The van der Waals surface area contributed by atoms with E-state index in [4.69, 9.17) is 13.8 Å². The molecule has 70 heavy (non-hydrogen) atoms. The van der Waals surface area contributed by atoms with Gasteiger partial charge in [0, 0.05) is 76.9 Å². The SMILES string of the molecule is [2H]C([2H])([2H])[n+]1[c-]n(-c2[c-]c(Oc3[c-]c4c(cc3)c3ccccc3n4-c3cc(C)c(-c4c(-n5c6ccccc6c6ccccc65)cccc4-n4c5ccccc5c5ccccc54)cn3)ccc2)c2ccccc21.[Pt]. The zero-order valence-corrected chi connectivity index (χ0v) is 39.8. The summed E-state index contributed by atoms with van der Waals surface area (Å²) in [7, 11) is 0. The fraction of sp³-hybridized carbons (Fsp3) is 0.0323. The first-order valence-corrected chi connectivity index (χ1v) is 23.0. The van der Waals surface area contributed by atoms with Crippen LogP contribution in [0.25, 0.3) is 110 Å². The van der Waals surface area contributed by atoms with Crippen LogP contribution in [-0.2, 0) is 28.0 Å². The summed E-state index contributed by atoms with van der Waals surface area (Å²) in [5.41, 5.74) is 13.3. The van der Waals surface area contributed by atoms with E-state index in [1.807, 2.05) is 48.7 Å². The Hall–Kier alpha value is -8.51. The van der Waals surface area contributed by atoms with Crippen LogP contribution in [0.3, 0.4) is 0 Å². The van der Waals surface area contributed by atoms with Gasteiger partial charge in [0.15, 0.2) is 0 Å². The van der Waals surface area contributed by atoms with Gasteiger partial charge in [-0.3, -0.25) is 0 Å². The van der Waals surface area contributed by atoms with Crippen LogP contribution < -0.4 is 9.30 Å². The Morgan fingerprint density at radius 1 is 0.500 bits per heavy atom. The fourth-order valence-electron chi connectivity index (χ4n) is 10.6. The Bertz CT molecular complexity index is 4280. The van der Waals surface area contributed by atoms with Gasteiger partial charge in [0.1, 0.15) is 5.82 Å². The number of rotatable bonds is 7. The number of imidazole rings is 1. The van der Waals surface area contributed by atoms with Crippen LogP contribution in [-0.4, -0.2) is 23.3 Å². The molecule has 0 aliphatic rings. The van der Waals surface area contributed by atoms with Crippen molar-refractivity contribution < 1.29 is 34.5 Å². The molecule has 14 rings (SSSR count). The van der Waals surface area contributed by atoms with Gasteiger partial charge in [-0.25, -0.2) is 4.98 Å². The number of para-hydroxylation sites is 7. The number of benzene rings is 9. The molecule has 336 valence electrons. The van der Waals surface area contributed by atoms with E-state index >= 15 is 0 Å². The Morgan fingerprint density at radius 2 is 1.00 bits per heavy atom. The van der Waals surface area contributed by atoms with Crippen LogP contribution in [0, 0.1) is 25.4 Å². The molecular formula is C62H40N6OPt-2. The van der Waals surface area contributed by atoms with E-state index < -0.39 is 6.98 Å². The van der Waals surface area contributed by atoms with Crippen molar-refractivity contribution >= 4 is 76.5 Å². The maximum atomic E-state index is 8.14. The van der Waals surface area contributed by atoms with Gasteiger partial charge in [0.2, 0.25) is 6.33 Å². The predicted octanol–water partition coefficient (Wildman–Crippen LogP) is 14.3. The number of aryl methyl sites for hydroxylation is 2. The molecular weight excluding hydrogens is 1040 g/mol. The van der Waals surface area contributed by atoms with E-state index in [9.17, 15) is 0 Å². The number of ether oxygens (including phenoxy) is 1. The van der Waals surface area contributed by atoms with Gasteiger partial charge in [-0.05, 0) is 66.4 Å². The van der Waals surface area contributed by atoms with E-state index in [1.165, 1.54) is 26.1 Å². The van der Waals surface area contributed by atoms with Crippen molar-refractivity contribution in [2.45, 2.75) is 6.92 Å². The monoisotopic (exact) mass is 1080 g/mol. The van der Waals surface area contributed by atoms with Gasteiger partial charge >= 0.3 is 0 Å². The third-order valence-corrected chi connectivity index (χ3v) is 13.6. The summed E-state index contributed by atoms with van der Waals surface area (Å²) in [6.07, 6.45) is 5.07. The Labute approximate surface area is 421 Å². The first-order chi connectivity index (χ1) is 35.3. The van der Waals surface area contributed by atoms with Crippen LogP contribution in [0.5, 0.6) is 11.5 Å². The Morgan fingerprint density at radius 3 is 1.57 bits per heavy atom. The van der Waals surface area contributed by atoms with Gasteiger partial charge in [0.25, 0.3) is 0 Å². The molecule has 0 unspecified atom stereocenters. The molecule has 0 N–H and O–H groups in total. The van der Waals surface area contributed by atoms with Crippen molar-refractivity contribution in [1.29, 1.82) is 0 Å². The van der Waals surface area contributed by atoms with E-state index in [0.29, 0.717) is 28.2 Å². The van der Waals surface area contributed by atoms with E-state index in [-0.39, 0.29) is 21.1 Å². The molecule has 7 nitrogen and oxygen atoms in total. The first-order valence-electron chi connectivity index (χ1n) is 24.5. The fourth-order valence-corrected chi connectivity index (χ4v) is 10.6. The third kappa shape index (κ3) is 6.32. The average Bonchev–Trinajstić information content (AvgIpc) is 4.16. The van der Waals surface area contributed by atoms with Gasteiger partial charge < -0.3 is 27.6 Å². The van der Waals surface area contributed by atoms with Crippen molar-refractivity contribution in [3.05, 3.63) is 230 Å². The van der Waals surface area contributed by atoms with E-state index in [0.717, 1.165) is 77.8 Å². The maximum Gasteiger partial charge on any atom is 0.242 e. The normalized spacial score (nSPS) is 12.6. The van der Waals surface area contributed by atoms with Crippen LogP contribution in [0.1, 0.15) is 9.68 Å². The van der Waals surface area contributed by atoms with Crippen molar-refractivity contribution in [2.75, 3.05) is 0 Å². The molecule has 14 aromatic rings. The summed E-state index contributed by atoms with van der Waals surface area (Å²) in [5, 5.41) is 6.85. The van der Waals surface area contributed by atoms with Gasteiger partial charge in [-0.15, -0.1) is 29.7 Å². The number of hydrogen-bond acceptors (Lipinski definition) is 2. The quantitative estimate of drug-likeness (QED) is 0.118. The van der Waals surface area contributed by atoms with Gasteiger partial charge in [-0.2, -0.15) is 18.2 Å². The van der Waals surface area contributed by atoms with Gasteiger partial charge in [0.05, 0.1) is 55.6 Å². The topological polar surface area (TPSA) is 45.7 Å². The molecule has 0 aliphatic heterocycles. The number of nitrogens with zero attached hydrogens (tertiary/aromatic N) is 6. The van der Waals surface area contributed by atoms with Crippen LogP contribution in [0.4, 0.5) is 0 Å². The molecule has 0 saturated carbocycles. The molecule has 0 spiro atoms. The van der Waals surface area contributed by atoms with Crippen LogP contribution >= 0.6 is 0 Å². The first kappa shape index (κ1) is 38.5. The molecule has 8 heteroatoms. The number of pyridine rings is 1. The largest absolute Gasteiger partial charge is 0.510 e. The second kappa shape index (κ2) is 16.3. The second-order valence-electron chi connectivity index (χ2n) is 17.5. The number of fused-ring (bicyclic) bond motifs is 10. The van der Waals surface area contributed by atoms with Crippen LogP contribution in [0.15, 0.2) is 206 Å². The molecule has 0 aliphatic carbocycles. The molecule has 5 heterocycles. The molecule has 0 saturated heterocycles. The average molecular weight is 1080 g/mol. The minimum absolute atomic E-state index is 0. The van der Waals surface area contributed by atoms with E-state index in [1.54, 1.807) is 10.6 Å². The van der Waals surface area contributed by atoms with Crippen molar-refractivity contribution in [2.24, 2.45) is 6.98 Å².